The van der Waals surface area contributed by atoms with Crippen molar-refractivity contribution in [1.82, 2.24) is 15.5 Å². The van der Waals surface area contributed by atoms with Gasteiger partial charge < -0.3 is 14.6 Å². The quantitative estimate of drug-likeness (QED) is 0.797. The van der Waals surface area contributed by atoms with Crippen LogP contribution in [-0.4, -0.2) is 29.8 Å². The lowest BCUT2D eigenvalue weighted by atomic mass is 9.85. The molecule has 0 saturated heterocycles. The van der Waals surface area contributed by atoms with Crippen LogP contribution >= 0.6 is 0 Å². The minimum absolute atomic E-state index is 0.135. The van der Waals surface area contributed by atoms with Crippen molar-refractivity contribution in [3.63, 3.8) is 0 Å². The summed E-state index contributed by atoms with van der Waals surface area (Å²) in [5.41, 5.74) is -0.288. The van der Waals surface area contributed by atoms with E-state index in [2.05, 4.69) is 50.1 Å². The van der Waals surface area contributed by atoms with Gasteiger partial charge in [-0.05, 0) is 32.2 Å². The SMILES string of the molecule is CCOC(CC)(CC)c1noc(CC(NC)C(C)(C)C)n1. The average Bonchev–Trinajstić information content (AvgIpc) is 2.90. The summed E-state index contributed by atoms with van der Waals surface area (Å²) in [5, 5.41) is 7.51. The molecule has 1 aromatic heterocycles. The van der Waals surface area contributed by atoms with Gasteiger partial charge in [0.1, 0.15) is 5.60 Å². The summed E-state index contributed by atoms with van der Waals surface area (Å²) in [6.45, 7) is 13.4. The first-order chi connectivity index (χ1) is 9.82. The van der Waals surface area contributed by atoms with E-state index in [-0.39, 0.29) is 11.5 Å². The van der Waals surface area contributed by atoms with Crippen LogP contribution in [0.3, 0.4) is 0 Å². The summed E-state index contributed by atoms with van der Waals surface area (Å²) < 4.78 is 11.4. The van der Waals surface area contributed by atoms with Crippen molar-refractivity contribution in [2.45, 2.75) is 72.4 Å². The Balaban J connectivity index is 2.94. The zero-order chi connectivity index (χ0) is 16.1. The van der Waals surface area contributed by atoms with Gasteiger partial charge >= 0.3 is 0 Å². The molecule has 0 saturated carbocycles. The molecule has 5 nitrogen and oxygen atoms in total. The Labute approximate surface area is 128 Å². The van der Waals surface area contributed by atoms with Gasteiger partial charge in [0.05, 0.1) is 0 Å². The molecule has 0 aliphatic rings. The minimum atomic E-state index is -0.423. The Morgan fingerprint density at radius 2 is 1.81 bits per heavy atom. The van der Waals surface area contributed by atoms with Crippen molar-refractivity contribution in [3.8, 4) is 0 Å². The maximum absolute atomic E-state index is 5.93. The number of hydrogen-bond acceptors (Lipinski definition) is 5. The van der Waals surface area contributed by atoms with Crippen molar-refractivity contribution in [2.24, 2.45) is 5.41 Å². The Hall–Kier alpha value is -0.940. The van der Waals surface area contributed by atoms with Crippen molar-refractivity contribution in [3.05, 3.63) is 11.7 Å². The van der Waals surface area contributed by atoms with Crippen LogP contribution in [0.15, 0.2) is 4.52 Å². The first-order valence-corrected chi connectivity index (χ1v) is 7.97. The van der Waals surface area contributed by atoms with E-state index in [1.807, 2.05) is 14.0 Å². The number of aromatic nitrogens is 2. The highest BCUT2D eigenvalue weighted by molar-refractivity contribution is 5.02. The number of likely N-dealkylation sites (N-methyl/N-ethyl adjacent to an activating group) is 1. The summed E-state index contributed by atoms with van der Waals surface area (Å²) in [4.78, 5) is 4.60. The zero-order valence-corrected chi connectivity index (χ0v) is 14.6. The lowest BCUT2D eigenvalue weighted by Gasteiger charge is -2.29. The van der Waals surface area contributed by atoms with Crippen molar-refractivity contribution < 1.29 is 9.26 Å². The fraction of sp³-hybridized carbons (Fsp3) is 0.875. The first-order valence-electron chi connectivity index (χ1n) is 7.97. The second-order valence-corrected chi connectivity index (χ2v) is 6.56. The zero-order valence-electron chi connectivity index (χ0n) is 14.6. The summed E-state index contributed by atoms with van der Waals surface area (Å²) >= 11 is 0. The van der Waals surface area contributed by atoms with Crippen LogP contribution in [0, 0.1) is 5.41 Å². The maximum atomic E-state index is 5.93. The number of hydrogen-bond donors (Lipinski definition) is 1. The molecule has 1 rings (SSSR count). The van der Waals surface area contributed by atoms with E-state index < -0.39 is 5.60 Å². The molecule has 0 spiro atoms. The molecular formula is C16H31N3O2. The smallest absolute Gasteiger partial charge is 0.228 e. The van der Waals surface area contributed by atoms with Crippen LogP contribution < -0.4 is 5.32 Å². The molecule has 1 N–H and O–H groups in total. The Morgan fingerprint density at radius 1 is 1.19 bits per heavy atom. The average molecular weight is 297 g/mol. The van der Waals surface area contributed by atoms with E-state index in [1.54, 1.807) is 0 Å². The number of ether oxygens (including phenoxy) is 1. The standard InChI is InChI=1S/C16H31N3O2/c1-8-16(9-2,20-10-3)14-18-13(21-19-14)11-12(17-7)15(4,5)6/h12,17H,8-11H2,1-7H3. The van der Waals surface area contributed by atoms with Crippen LogP contribution in [0.4, 0.5) is 0 Å². The van der Waals surface area contributed by atoms with Crippen LogP contribution in [0.5, 0.6) is 0 Å². The third kappa shape index (κ3) is 4.27. The van der Waals surface area contributed by atoms with E-state index in [4.69, 9.17) is 9.26 Å². The first kappa shape index (κ1) is 18.1. The van der Waals surface area contributed by atoms with Gasteiger partial charge in [-0.2, -0.15) is 4.98 Å². The van der Waals surface area contributed by atoms with Gasteiger partial charge in [0.25, 0.3) is 0 Å². The molecule has 21 heavy (non-hydrogen) atoms. The van der Waals surface area contributed by atoms with E-state index in [1.165, 1.54) is 0 Å². The normalized spacial score (nSPS) is 14.4. The lowest BCUT2D eigenvalue weighted by molar-refractivity contribution is -0.0583. The third-order valence-electron chi connectivity index (χ3n) is 4.21. The summed E-state index contributed by atoms with van der Waals surface area (Å²) in [6, 6.07) is 0.288. The number of rotatable bonds is 8. The predicted octanol–water partition coefficient (Wildman–Crippen LogP) is 3.30. The highest BCUT2D eigenvalue weighted by Gasteiger charge is 2.35. The van der Waals surface area contributed by atoms with Gasteiger partial charge in [-0.25, -0.2) is 0 Å². The molecule has 0 aromatic carbocycles. The Kier molecular flexibility index (Phi) is 6.35. The van der Waals surface area contributed by atoms with Crippen LogP contribution in [0.2, 0.25) is 0 Å². The minimum Gasteiger partial charge on any atom is -0.367 e. The van der Waals surface area contributed by atoms with Gasteiger partial charge in [0.15, 0.2) is 0 Å². The van der Waals surface area contributed by atoms with Gasteiger partial charge in [-0.1, -0.05) is 39.8 Å². The monoisotopic (exact) mass is 297 g/mol. The topological polar surface area (TPSA) is 60.2 Å². The summed E-state index contributed by atoms with van der Waals surface area (Å²) in [6.07, 6.45) is 2.40. The van der Waals surface area contributed by atoms with Crippen molar-refractivity contribution in [2.75, 3.05) is 13.7 Å². The van der Waals surface area contributed by atoms with Crippen LogP contribution in [0.25, 0.3) is 0 Å². The predicted molar refractivity (Wildman–Crippen MR) is 84.2 cm³/mol. The van der Waals surface area contributed by atoms with Gasteiger partial charge in [-0.3, -0.25) is 0 Å². The summed E-state index contributed by atoms with van der Waals surface area (Å²) in [5.74, 6) is 1.35. The van der Waals surface area contributed by atoms with E-state index in [0.29, 0.717) is 18.3 Å². The lowest BCUT2D eigenvalue weighted by Crippen LogP contribution is -2.39. The molecule has 0 bridgehead atoms. The van der Waals surface area contributed by atoms with E-state index in [0.717, 1.165) is 19.3 Å². The van der Waals surface area contributed by atoms with Crippen LogP contribution in [0.1, 0.15) is 66.1 Å². The van der Waals surface area contributed by atoms with Gasteiger partial charge in [0.2, 0.25) is 11.7 Å². The molecular weight excluding hydrogens is 266 g/mol. The second kappa shape index (κ2) is 7.36. The van der Waals surface area contributed by atoms with Crippen molar-refractivity contribution >= 4 is 0 Å². The molecule has 122 valence electrons. The molecule has 0 fully saturated rings. The number of nitrogens with one attached hydrogen (secondary N) is 1. The number of nitrogens with zero attached hydrogens (tertiary/aromatic N) is 2. The Bertz CT molecular complexity index is 419. The second-order valence-electron chi connectivity index (χ2n) is 6.56. The molecule has 1 atom stereocenters. The largest absolute Gasteiger partial charge is 0.367 e. The highest BCUT2D eigenvalue weighted by atomic mass is 16.5. The summed E-state index contributed by atoms with van der Waals surface area (Å²) in [7, 11) is 1.97. The molecule has 5 heteroatoms. The van der Waals surface area contributed by atoms with Crippen molar-refractivity contribution in [1.29, 1.82) is 0 Å². The molecule has 1 heterocycles. The molecule has 0 radical (unpaired) electrons. The van der Waals surface area contributed by atoms with Gasteiger partial charge in [0, 0.05) is 19.1 Å². The van der Waals surface area contributed by atoms with E-state index >= 15 is 0 Å². The maximum Gasteiger partial charge on any atom is 0.228 e. The molecule has 0 aliphatic carbocycles. The Morgan fingerprint density at radius 3 is 2.24 bits per heavy atom. The van der Waals surface area contributed by atoms with Gasteiger partial charge in [-0.15, -0.1) is 0 Å². The van der Waals surface area contributed by atoms with Crippen LogP contribution in [-0.2, 0) is 16.8 Å². The highest BCUT2D eigenvalue weighted by Crippen LogP contribution is 2.31. The van der Waals surface area contributed by atoms with E-state index in [9.17, 15) is 0 Å². The third-order valence-corrected chi connectivity index (χ3v) is 4.21. The molecule has 1 unspecified atom stereocenters. The molecule has 1 aromatic rings. The fourth-order valence-electron chi connectivity index (χ4n) is 2.65. The fourth-order valence-corrected chi connectivity index (χ4v) is 2.65. The molecule has 0 amide bonds. The molecule has 0 aliphatic heterocycles.